The summed E-state index contributed by atoms with van der Waals surface area (Å²) >= 11 is 0. The van der Waals surface area contributed by atoms with E-state index in [1.807, 2.05) is 0 Å². The lowest BCUT2D eigenvalue weighted by Gasteiger charge is -2.13. The van der Waals surface area contributed by atoms with Crippen LogP contribution in [-0.2, 0) is 4.74 Å². The minimum Gasteiger partial charge on any atom is -0.497 e. The van der Waals surface area contributed by atoms with Crippen molar-refractivity contribution in [2.24, 2.45) is 0 Å². The maximum atomic E-state index is 13.6. The van der Waals surface area contributed by atoms with Crippen molar-refractivity contribution in [3.63, 3.8) is 0 Å². The van der Waals surface area contributed by atoms with Gasteiger partial charge in [0, 0.05) is 19.2 Å². The highest BCUT2D eigenvalue weighted by molar-refractivity contribution is 5.94. The Labute approximate surface area is 99.7 Å². The van der Waals surface area contributed by atoms with Crippen LogP contribution in [0.4, 0.5) is 4.39 Å². The topological polar surface area (TPSA) is 47.6 Å². The van der Waals surface area contributed by atoms with Crippen molar-refractivity contribution in [3.05, 3.63) is 29.6 Å². The van der Waals surface area contributed by atoms with E-state index in [9.17, 15) is 9.18 Å². The van der Waals surface area contributed by atoms with Crippen LogP contribution < -0.4 is 10.1 Å². The van der Waals surface area contributed by atoms with Crippen molar-refractivity contribution in [1.82, 2.24) is 5.32 Å². The minimum atomic E-state index is -0.605. The molecule has 0 aliphatic rings. The zero-order valence-electron chi connectivity index (χ0n) is 10.1. The first-order chi connectivity index (χ1) is 8.08. The first-order valence-electron chi connectivity index (χ1n) is 5.21. The second kappa shape index (κ2) is 6.20. The molecule has 0 saturated heterocycles. The van der Waals surface area contributed by atoms with Gasteiger partial charge in [0.2, 0.25) is 0 Å². The molecule has 0 spiro atoms. The van der Waals surface area contributed by atoms with Crippen molar-refractivity contribution < 1.29 is 18.7 Å². The van der Waals surface area contributed by atoms with Gasteiger partial charge in [0.15, 0.2) is 0 Å². The van der Waals surface area contributed by atoms with E-state index in [4.69, 9.17) is 9.47 Å². The molecule has 1 N–H and O–H groups in total. The van der Waals surface area contributed by atoms with Crippen LogP contribution in [0.15, 0.2) is 18.2 Å². The Morgan fingerprint density at radius 1 is 1.47 bits per heavy atom. The first kappa shape index (κ1) is 13.4. The van der Waals surface area contributed by atoms with Crippen molar-refractivity contribution in [3.8, 4) is 5.75 Å². The average Bonchev–Trinajstić information content (AvgIpc) is 2.28. The van der Waals surface area contributed by atoms with Crippen LogP contribution in [0.5, 0.6) is 5.75 Å². The maximum absolute atomic E-state index is 13.6. The van der Waals surface area contributed by atoms with E-state index in [2.05, 4.69) is 5.32 Å². The van der Waals surface area contributed by atoms with Gasteiger partial charge in [0.05, 0.1) is 19.3 Å². The van der Waals surface area contributed by atoms with E-state index in [1.165, 1.54) is 26.4 Å². The Balaban J connectivity index is 2.75. The van der Waals surface area contributed by atoms with E-state index in [0.717, 1.165) is 0 Å². The molecular formula is C12H16FNO3. The van der Waals surface area contributed by atoms with Gasteiger partial charge >= 0.3 is 0 Å². The molecule has 94 valence electrons. The molecule has 17 heavy (non-hydrogen) atoms. The second-order valence-corrected chi connectivity index (χ2v) is 3.68. The van der Waals surface area contributed by atoms with Crippen molar-refractivity contribution in [2.75, 3.05) is 20.8 Å². The number of ether oxygens (including phenoxy) is 2. The molecule has 0 fully saturated rings. The number of carbonyl (C=O) groups excluding carboxylic acids is 1. The fourth-order valence-electron chi connectivity index (χ4n) is 1.40. The van der Waals surface area contributed by atoms with E-state index in [0.29, 0.717) is 12.4 Å². The third kappa shape index (κ3) is 3.71. The molecular weight excluding hydrogens is 225 g/mol. The van der Waals surface area contributed by atoms with Crippen LogP contribution in [0.3, 0.4) is 0 Å². The van der Waals surface area contributed by atoms with E-state index >= 15 is 0 Å². The SMILES string of the molecule is COCC(C)NC(=O)c1ccc(OC)cc1F. The van der Waals surface area contributed by atoms with Crippen molar-refractivity contribution in [1.29, 1.82) is 0 Å². The number of carbonyl (C=O) groups is 1. The summed E-state index contributed by atoms with van der Waals surface area (Å²) in [6.07, 6.45) is 0. The molecule has 0 saturated carbocycles. The first-order valence-corrected chi connectivity index (χ1v) is 5.21. The number of nitrogens with one attached hydrogen (secondary N) is 1. The highest BCUT2D eigenvalue weighted by Crippen LogP contribution is 2.16. The summed E-state index contributed by atoms with van der Waals surface area (Å²) in [5, 5.41) is 2.63. The Kier molecular flexibility index (Phi) is 4.90. The molecule has 1 unspecified atom stereocenters. The van der Waals surface area contributed by atoms with Gasteiger partial charge < -0.3 is 14.8 Å². The molecule has 0 aliphatic carbocycles. The highest BCUT2D eigenvalue weighted by Gasteiger charge is 2.14. The summed E-state index contributed by atoms with van der Waals surface area (Å²) in [4.78, 5) is 11.7. The summed E-state index contributed by atoms with van der Waals surface area (Å²) < 4.78 is 23.3. The number of hydrogen-bond acceptors (Lipinski definition) is 3. The van der Waals surface area contributed by atoms with Gasteiger partial charge in [-0.15, -0.1) is 0 Å². The number of hydrogen-bond donors (Lipinski definition) is 1. The van der Waals surface area contributed by atoms with Gasteiger partial charge in [-0.2, -0.15) is 0 Å². The molecule has 0 aliphatic heterocycles. The summed E-state index contributed by atoms with van der Waals surface area (Å²) in [5.74, 6) is -0.690. The van der Waals surface area contributed by atoms with Crippen LogP contribution >= 0.6 is 0 Å². The van der Waals surface area contributed by atoms with Crippen molar-refractivity contribution >= 4 is 5.91 Å². The van der Waals surface area contributed by atoms with Crippen molar-refractivity contribution in [2.45, 2.75) is 13.0 Å². The lowest BCUT2D eigenvalue weighted by Crippen LogP contribution is -2.36. The summed E-state index contributed by atoms with van der Waals surface area (Å²) in [5.41, 5.74) is -0.00578. The zero-order valence-corrected chi connectivity index (χ0v) is 10.1. The number of amides is 1. The molecule has 0 bridgehead atoms. The minimum absolute atomic E-state index is 0.00578. The Morgan fingerprint density at radius 3 is 2.71 bits per heavy atom. The van der Waals surface area contributed by atoms with Gasteiger partial charge in [0.25, 0.3) is 5.91 Å². The van der Waals surface area contributed by atoms with E-state index in [1.54, 1.807) is 13.0 Å². The van der Waals surface area contributed by atoms with E-state index < -0.39 is 11.7 Å². The van der Waals surface area contributed by atoms with Crippen LogP contribution in [0, 0.1) is 5.82 Å². The normalized spacial score (nSPS) is 12.0. The van der Waals surface area contributed by atoms with Crippen LogP contribution in [-0.4, -0.2) is 32.8 Å². The smallest absolute Gasteiger partial charge is 0.254 e. The van der Waals surface area contributed by atoms with Crippen LogP contribution in [0.25, 0.3) is 0 Å². The molecule has 4 nitrogen and oxygen atoms in total. The van der Waals surface area contributed by atoms with Gasteiger partial charge in [0.1, 0.15) is 11.6 Å². The molecule has 1 amide bonds. The van der Waals surface area contributed by atoms with Crippen LogP contribution in [0.1, 0.15) is 17.3 Å². The number of benzene rings is 1. The molecule has 5 heteroatoms. The molecule has 1 aromatic rings. The summed E-state index contributed by atoms with van der Waals surface area (Å²) in [7, 11) is 2.98. The summed E-state index contributed by atoms with van der Waals surface area (Å²) in [6.45, 7) is 2.16. The van der Waals surface area contributed by atoms with Gasteiger partial charge in [-0.25, -0.2) is 4.39 Å². The molecule has 1 rings (SSSR count). The van der Waals surface area contributed by atoms with Gasteiger partial charge in [-0.05, 0) is 19.1 Å². The van der Waals surface area contributed by atoms with Gasteiger partial charge in [-0.3, -0.25) is 4.79 Å². The predicted molar refractivity (Wildman–Crippen MR) is 61.8 cm³/mol. The number of rotatable bonds is 5. The third-order valence-electron chi connectivity index (χ3n) is 2.22. The Morgan fingerprint density at radius 2 is 2.18 bits per heavy atom. The monoisotopic (exact) mass is 241 g/mol. The molecule has 0 aromatic heterocycles. The summed E-state index contributed by atoms with van der Waals surface area (Å²) in [6, 6.07) is 3.94. The average molecular weight is 241 g/mol. The van der Waals surface area contributed by atoms with Crippen LogP contribution in [0.2, 0.25) is 0 Å². The van der Waals surface area contributed by atoms with E-state index in [-0.39, 0.29) is 11.6 Å². The second-order valence-electron chi connectivity index (χ2n) is 3.68. The predicted octanol–water partition coefficient (Wildman–Crippen LogP) is 1.60. The lowest BCUT2D eigenvalue weighted by molar-refractivity contribution is 0.0901. The lowest BCUT2D eigenvalue weighted by atomic mass is 10.2. The Hall–Kier alpha value is -1.62. The van der Waals surface area contributed by atoms with Gasteiger partial charge in [-0.1, -0.05) is 0 Å². The largest absolute Gasteiger partial charge is 0.497 e. The fourth-order valence-corrected chi connectivity index (χ4v) is 1.40. The fraction of sp³-hybridized carbons (Fsp3) is 0.417. The zero-order chi connectivity index (χ0) is 12.8. The molecule has 0 radical (unpaired) electrons. The Bertz CT molecular complexity index is 395. The number of methoxy groups -OCH3 is 2. The standard InChI is InChI=1S/C12H16FNO3/c1-8(7-16-2)14-12(15)10-5-4-9(17-3)6-11(10)13/h4-6,8H,7H2,1-3H3,(H,14,15). The number of halogens is 1. The molecule has 1 aromatic carbocycles. The maximum Gasteiger partial charge on any atom is 0.254 e. The third-order valence-corrected chi connectivity index (χ3v) is 2.22. The highest BCUT2D eigenvalue weighted by atomic mass is 19.1. The quantitative estimate of drug-likeness (QED) is 0.851. The molecule has 1 atom stereocenters. The molecule has 0 heterocycles.